The van der Waals surface area contributed by atoms with E-state index >= 15 is 0 Å². The van der Waals surface area contributed by atoms with Crippen LogP contribution in [0, 0.1) is 0 Å². The number of allylic oxidation sites excluding steroid dienone is 1. The lowest BCUT2D eigenvalue weighted by Crippen LogP contribution is -1.99. The number of halogens is 1. The van der Waals surface area contributed by atoms with Gasteiger partial charge in [-0.1, -0.05) is 65.8 Å². The summed E-state index contributed by atoms with van der Waals surface area (Å²) in [5.41, 5.74) is 3.79. The molecule has 0 aromatic heterocycles. The van der Waals surface area contributed by atoms with Crippen molar-refractivity contribution >= 4 is 24.5 Å². The minimum absolute atomic E-state index is 0.299. The van der Waals surface area contributed by atoms with Gasteiger partial charge >= 0.3 is 0 Å². The lowest BCUT2D eigenvalue weighted by atomic mass is 9.98. The molecule has 0 aliphatic carbocycles. The summed E-state index contributed by atoms with van der Waals surface area (Å²) >= 11 is 6.02. The first-order valence-electron chi connectivity index (χ1n) is 5.51. The highest BCUT2D eigenvalue weighted by molar-refractivity contribution is 7.75. The van der Waals surface area contributed by atoms with Gasteiger partial charge in [-0.2, -0.15) is 0 Å². The number of benzene rings is 2. The minimum Gasteiger partial charge on any atom is -0.103 e. The van der Waals surface area contributed by atoms with Crippen LogP contribution in [0.4, 0.5) is 0 Å². The van der Waals surface area contributed by atoms with E-state index in [-0.39, 0.29) is 0 Å². The predicted molar refractivity (Wildman–Crippen MR) is 79.6 cm³/mol. The van der Waals surface area contributed by atoms with Gasteiger partial charge in [0.1, 0.15) is 0 Å². The average molecular weight is 261 g/mol. The largest absolute Gasteiger partial charge is 0.103 e. The van der Waals surface area contributed by atoms with Crippen LogP contribution in [0.1, 0.15) is 5.56 Å². The maximum absolute atomic E-state index is 6.02. The second kappa shape index (κ2) is 6.00. The summed E-state index contributed by atoms with van der Waals surface area (Å²) in [5, 5.41) is 1.20. The summed E-state index contributed by atoms with van der Waals surface area (Å²) in [6.07, 6.45) is 2.82. The lowest BCUT2D eigenvalue weighted by molar-refractivity contribution is 1.28. The minimum atomic E-state index is 0.299. The van der Waals surface area contributed by atoms with Gasteiger partial charge < -0.3 is 0 Å². The van der Waals surface area contributed by atoms with Gasteiger partial charge in [0.05, 0.1) is 0 Å². The van der Waals surface area contributed by atoms with Crippen molar-refractivity contribution < 1.29 is 0 Å². The van der Waals surface area contributed by atoms with Crippen molar-refractivity contribution in [1.29, 1.82) is 0 Å². The van der Waals surface area contributed by atoms with E-state index in [9.17, 15) is 0 Å². The molecular weight excluding hydrogens is 247 g/mol. The van der Waals surface area contributed by atoms with E-state index in [0.29, 0.717) is 7.93 Å². The molecule has 86 valence electrons. The Bertz CT molecular complexity index is 520. The van der Waals surface area contributed by atoms with Gasteiger partial charge in [0.2, 0.25) is 0 Å². The van der Waals surface area contributed by atoms with Crippen molar-refractivity contribution in [2.24, 2.45) is 0 Å². The third kappa shape index (κ3) is 2.77. The van der Waals surface area contributed by atoms with Crippen LogP contribution in [-0.2, 0) is 6.42 Å². The molecule has 0 aliphatic heterocycles. The third-order valence-corrected chi connectivity index (χ3v) is 3.95. The SMILES string of the molecule is C=CCc1ccccc1-c1ccccc1PCl. The summed E-state index contributed by atoms with van der Waals surface area (Å²) < 4.78 is 0. The quantitative estimate of drug-likeness (QED) is 0.559. The van der Waals surface area contributed by atoms with E-state index in [2.05, 4.69) is 49.0 Å². The molecule has 17 heavy (non-hydrogen) atoms. The number of hydrogen-bond donors (Lipinski definition) is 0. The van der Waals surface area contributed by atoms with Gasteiger partial charge in [-0.3, -0.25) is 0 Å². The average Bonchev–Trinajstić information content (AvgIpc) is 2.40. The van der Waals surface area contributed by atoms with Crippen LogP contribution >= 0.6 is 19.2 Å². The molecule has 0 bridgehead atoms. The zero-order chi connectivity index (χ0) is 12.1. The molecule has 2 heteroatoms. The molecule has 0 saturated heterocycles. The van der Waals surface area contributed by atoms with Crippen molar-refractivity contribution in [3.05, 3.63) is 66.7 Å². The second-order valence-corrected chi connectivity index (χ2v) is 5.08. The van der Waals surface area contributed by atoms with Crippen LogP contribution in [0.2, 0.25) is 0 Å². The van der Waals surface area contributed by atoms with Crippen molar-refractivity contribution in [2.75, 3.05) is 0 Å². The highest BCUT2D eigenvalue weighted by atomic mass is 35.7. The van der Waals surface area contributed by atoms with Gasteiger partial charge in [0.25, 0.3) is 0 Å². The van der Waals surface area contributed by atoms with Crippen LogP contribution in [0.3, 0.4) is 0 Å². The monoisotopic (exact) mass is 260 g/mol. The standard InChI is InChI=1S/C15H14ClP/c1-2-7-12-8-3-4-9-13(12)14-10-5-6-11-15(14)17-16/h2-6,8-11,17H,1,7H2. The zero-order valence-corrected chi connectivity index (χ0v) is 11.2. The molecule has 0 aliphatic rings. The fraction of sp³-hybridized carbons (Fsp3) is 0.0667. The second-order valence-electron chi connectivity index (χ2n) is 3.79. The summed E-state index contributed by atoms with van der Waals surface area (Å²) in [4.78, 5) is 0. The molecule has 2 rings (SSSR count). The summed E-state index contributed by atoms with van der Waals surface area (Å²) in [6.45, 7) is 3.81. The van der Waals surface area contributed by atoms with Crippen LogP contribution in [-0.4, -0.2) is 0 Å². The highest BCUT2D eigenvalue weighted by Gasteiger charge is 2.07. The Hall–Kier alpha value is -1.10. The Morgan fingerprint density at radius 2 is 1.65 bits per heavy atom. The van der Waals surface area contributed by atoms with Gasteiger partial charge in [-0.25, -0.2) is 0 Å². The van der Waals surface area contributed by atoms with Crippen LogP contribution in [0.5, 0.6) is 0 Å². The number of rotatable bonds is 4. The molecule has 0 fully saturated rings. The fourth-order valence-corrected chi connectivity index (χ4v) is 2.89. The van der Waals surface area contributed by atoms with Crippen molar-refractivity contribution in [3.63, 3.8) is 0 Å². The first-order valence-corrected chi connectivity index (χ1v) is 7.53. The van der Waals surface area contributed by atoms with E-state index in [4.69, 9.17) is 11.2 Å². The Morgan fingerprint density at radius 1 is 1.00 bits per heavy atom. The molecule has 0 spiro atoms. The molecule has 1 atom stereocenters. The molecule has 0 radical (unpaired) electrons. The third-order valence-electron chi connectivity index (χ3n) is 2.70. The Labute approximate surface area is 109 Å². The molecular formula is C15H14ClP. The predicted octanol–water partition coefficient (Wildman–Crippen LogP) is 4.54. The molecule has 2 aromatic rings. The van der Waals surface area contributed by atoms with Gasteiger partial charge in [-0.15, -0.1) is 6.58 Å². The normalized spacial score (nSPS) is 10.9. The van der Waals surface area contributed by atoms with Crippen molar-refractivity contribution in [1.82, 2.24) is 0 Å². The van der Waals surface area contributed by atoms with Gasteiger partial charge in [0, 0.05) is 7.93 Å². The summed E-state index contributed by atoms with van der Waals surface area (Å²) in [5.74, 6) is 0. The molecule has 0 heterocycles. The molecule has 0 N–H and O–H groups in total. The van der Waals surface area contributed by atoms with Crippen molar-refractivity contribution in [2.45, 2.75) is 6.42 Å². The lowest BCUT2D eigenvalue weighted by Gasteiger charge is -2.11. The van der Waals surface area contributed by atoms with E-state index in [1.807, 2.05) is 12.1 Å². The zero-order valence-electron chi connectivity index (χ0n) is 9.49. The van der Waals surface area contributed by atoms with Gasteiger partial charge in [0.15, 0.2) is 0 Å². The molecule has 0 saturated carbocycles. The maximum atomic E-state index is 6.02. The molecule has 0 amide bonds. The topological polar surface area (TPSA) is 0 Å². The maximum Gasteiger partial charge on any atom is 0.00723 e. The number of hydrogen-bond acceptors (Lipinski definition) is 0. The van der Waals surface area contributed by atoms with Crippen LogP contribution in [0.15, 0.2) is 61.2 Å². The molecule has 2 aromatic carbocycles. The summed E-state index contributed by atoms with van der Waals surface area (Å²) in [6, 6.07) is 16.7. The molecule has 0 nitrogen and oxygen atoms in total. The van der Waals surface area contributed by atoms with Crippen LogP contribution in [0.25, 0.3) is 11.1 Å². The van der Waals surface area contributed by atoms with E-state index in [1.165, 1.54) is 22.0 Å². The highest BCUT2D eigenvalue weighted by Crippen LogP contribution is 2.28. The van der Waals surface area contributed by atoms with E-state index in [0.717, 1.165) is 6.42 Å². The van der Waals surface area contributed by atoms with Crippen LogP contribution < -0.4 is 5.30 Å². The van der Waals surface area contributed by atoms with Gasteiger partial charge in [-0.05, 0) is 28.4 Å². The smallest absolute Gasteiger partial charge is 0.00723 e. The Balaban J connectivity index is 2.55. The first-order chi connectivity index (χ1) is 8.36. The van der Waals surface area contributed by atoms with E-state index in [1.54, 1.807) is 0 Å². The first kappa shape index (κ1) is 12.4. The Kier molecular flexibility index (Phi) is 4.36. The van der Waals surface area contributed by atoms with Crippen molar-refractivity contribution in [3.8, 4) is 11.1 Å². The summed E-state index contributed by atoms with van der Waals surface area (Å²) in [7, 11) is 0.299. The van der Waals surface area contributed by atoms with E-state index < -0.39 is 0 Å². The Morgan fingerprint density at radius 3 is 2.35 bits per heavy atom. The molecule has 1 unspecified atom stereocenters. The fourth-order valence-electron chi connectivity index (χ4n) is 1.92.